The highest BCUT2D eigenvalue weighted by atomic mass is 79.9. The lowest BCUT2D eigenvalue weighted by atomic mass is 10.2. The molecule has 0 unspecified atom stereocenters. The molecule has 4 nitrogen and oxygen atoms in total. The van der Waals surface area contributed by atoms with Crippen LogP contribution in [0.3, 0.4) is 0 Å². The maximum Gasteiger partial charge on any atom is 0.247 e. The molecule has 1 aromatic carbocycles. The van der Waals surface area contributed by atoms with Crippen LogP contribution < -0.4 is 10.5 Å². The van der Waals surface area contributed by atoms with Crippen LogP contribution in [-0.4, -0.2) is 9.97 Å². The first-order valence-electron chi connectivity index (χ1n) is 4.78. The van der Waals surface area contributed by atoms with Gasteiger partial charge in [-0.2, -0.15) is 4.98 Å². The number of hydrogen-bond acceptors (Lipinski definition) is 4. The molecule has 2 N–H and O–H groups in total. The fourth-order valence-electron chi connectivity index (χ4n) is 1.23. The number of hydrogen-bond donors (Lipinski definition) is 1. The number of rotatable bonds is 2. The van der Waals surface area contributed by atoms with Crippen LogP contribution in [0.15, 0.2) is 28.9 Å². The minimum Gasteiger partial charge on any atom is -0.437 e. The summed E-state index contributed by atoms with van der Waals surface area (Å²) >= 11 is 9.06. The molecule has 0 saturated carbocycles. The van der Waals surface area contributed by atoms with Gasteiger partial charge < -0.3 is 10.5 Å². The van der Waals surface area contributed by atoms with Crippen molar-refractivity contribution >= 4 is 33.2 Å². The van der Waals surface area contributed by atoms with Crippen molar-refractivity contribution in [2.75, 3.05) is 5.73 Å². The molecule has 0 saturated heterocycles. The topological polar surface area (TPSA) is 61.0 Å². The maximum absolute atomic E-state index is 5.71. The highest BCUT2D eigenvalue weighted by Crippen LogP contribution is 2.30. The Morgan fingerprint density at radius 1 is 1.41 bits per heavy atom. The molecule has 6 heteroatoms. The Balaban J connectivity index is 2.37. The van der Waals surface area contributed by atoms with Gasteiger partial charge in [0.05, 0.1) is 6.20 Å². The van der Waals surface area contributed by atoms with Crippen molar-refractivity contribution in [2.45, 2.75) is 6.92 Å². The molecule has 88 valence electrons. The Kier molecular flexibility index (Phi) is 3.49. The Morgan fingerprint density at radius 2 is 2.18 bits per heavy atom. The van der Waals surface area contributed by atoms with E-state index >= 15 is 0 Å². The zero-order valence-electron chi connectivity index (χ0n) is 8.95. The van der Waals surface area contributed by atoms with Gasteiger partial charge >= 0.3 is 0 Å². The van der Waals surface area contributed by atoms with Gasteiger partial charge in [0, 0.05) is 4.47 Å². The van der Waals surface area contributed by atoms with Crippen molar-refractivity contribution in [3.8, 4) is 11.6 Å². The molecule has 0 bridgehead atoms. The number of nitrogens with two attached hydrogens (primary N) is 1. The van der Waals surface area contributed by atoms with E-state index < -0.39 is 0 Å². The number of ether oxygens (including phenoxy) is 1. The van der Waals surface area contributed by atoms with E-state index in [0.717, 1.165) is 10.0 Å². The van der Waals surface area contributed by atoms with Crippen LogP contribution in [0.25, 0.3) is 0 Å². The summed E-state index contributed by atoms with van der Waals surface area (Å²) in [4.78, 5) is 7.69. The normalized spacial score (nSPS) is 10.3. The number of nitrogen functional groups attached to an aromatic ring is 1. The quantitative estimate of drug-likeness (QED) is 0.861. The van der Waals surface area contributed by atoms with E-state index in [1.807, 2.05) is 25.1 Å². The second kappa shape index (κ2) is 4.89. The van der Waals surface area contributed by atoms with E-state index in [9.17, 15) is 0 Å². The summed E-state index contributed by atoms with van der Waals surface area (Å²) in [5, 5.41) is 0.0989. The fraction of sp³-hybridized carbons (Fsp3) is 0.0909. The number of aromatic nitrogens is 2. The largest absolute Gasteiger partial charge is 0.437 e. The summed E-state index contributed by atoms with van der Waals surface area (Å²) in [7, 11) is 0. The smallest absolute Gasteiger partial charge is 0.247 e. The highest BCUT2D eigenvalue weighted by molar-refractivity contribution is 9.10. The van der Waals surface area contributed by atoms with E-state index in [-0.39, 0.29) is 11.2 Å². The SMILES string of the molecule is Cc1ccc(Br)cc1Oc1nc(Cl)ncc1N. The summed E-state index contributed by atoms with van der Waals surface area (Å²) in [6.07, 6.45) is 1.41. The zero-order valence-corrected chi connectivity index (χ0v) is 11.3. The predicted molar refractivity (Wildman–Crippen MR) is 70.4 cm³/mol. The van der Waals surface area contributed by atoms with E-state index in [1.54, 1.807) is 0 Å². The average Bonchev–Trinajstić information content (AvgIpc) is 2.28. The van der Waals surface area contributed by atoms with Gasteiger partial charge in [0.25, 0.3) is 0 Å². The molecule has 1 heterocycles. The summed E-state index contributed by atoms with van der Waals surface area (Å²) in [6.45, 7) is 1.93. The van der Waals surface area contributed by atoms with E-state index in [0.29, 0.717) is 11.4 Å². The van der Waals surface area contributed by atoms with Crippen LogP contribution in [0.4, 0.5) is 5.69 Å². The molecule has 0 aliphatic rings. The van der Waals surface area contributed by atoms with Crippen molar-refractivity contribution in [1.29, 1.82) is 0 Å². The van der Waals surface area contributed by atoms with Crippen molar-refractivity contribution in [2.24, 2.45) is 0 Å². The summed E-state index contributed by atoms with van der Waals surface area (Å²) in [5.74, 6) is 0.923. The van der Waals surface area contributed by atoms with Crippen LogP contribution in [0, 0.1) is 6.92 Å². The molecule has 0 atom stereocenters. The second-order valence-electron chi connectivity index (χ2n) is 3.41. The molecule has 2 rings (SSSR count). The monoisotopic (exact) mass is 313 g/mol. The first kappa shape index (κ1) is 12.1. The molecular weight excluding hydrogens is 305 g/mol. The third kappa shape index (κ3) is 2.87. The third-order valence-electron chi connectivity index (χ3n) is 2.11. The van der Waals surface area contributed by atoms with Crippen LogP contribution in [0.5, 0.6) is 11.6 Å². The number of aryl methyl sites for hydroxylation is 1. The molecule has 0 aliphatic heterocycles. The average molecular weight is 315 g/mol. The minimum absolute atomic E-state index is 0.0989. The third-order valence-corrected chi connectivity index (χ3v) is 2.78. The lowest BCUT2D eigenvalue weighted by molar-refractivity contribution is 0.460. The van der Waals surface area contributed by atoms with E-state index in [4.69, 9.17) is 22.1 Å². The van der Waals surface area contributed by atoms with Crippen LogP contribution in [0.1, 0.15) is 5.56 Å². The van der Waals surface area contributed by atoms with Gasteiger partial charge in [-0.15, -0.1) is 0 Å². The van der Waals surface area contributed by atoms with E-state index in [2.05, 4.69) is 25.9 Å². The van der Waals surface area contributed by atoms with Crippen molar-refractivity contribution in [3.05, 3.63) is 39.7 Å². The molecule has 1 aromatic heterocycles. The zero-order chi connectivity index (χ0) is 12.4. The molecule has 0 amide bonds. The Bertz CT molecular complexity index is 513. The Morgan fingerprint density at radius 3 is 2.94 bits per heavy atom. The minimum atomic E-state index is 0.0989. The summed E-state index contributed by atoms with van der Waals surface area (Å²) in [5.41, 5.74) is 7.02. The van der Waals surface area contributed by atoms with Gasteiger partial charge in [-0.1, -0.05) is 22.0 Å². The first-order chi connectivity index (χ1) is 8.06. The van der Waals surface area contributed by atoms with Gasteiger partial charge in [0.1, 0.15) is 11.4 Å². The number of benzene rings is 1. The molecular formula is C11H9BrClN3O. The molecule has 2 aromatic rings. The lowest BCUT2D eigenvalue weighted by Gasteiger charge is -2.09. The predicted octanol–water partition coefficient (Wildman–Crippen LogP) is 3.58. The van der Waals surface area contributed by atoms with Crippen LogP contribution >= 0.6 is 27.5 Å². The highest BCUT2D eigenvalue weighted by Gasteiger charge is 2.08. The van der Waals surface area contributed by atoms with Gasteiger partial charge in [-0.3, -0.25) is 0 Å². The molecule has 0 aliphatic carbocycles. The molecule has 17 heavy (non-hydrogen) atoms. The van der Waals surface area contributed by atoms with Crippen LogP contribution in [0.2, 0.25) is 5.28 Å². The number of nitrogens with zero attached hydrogens (tertiary/aromatic N) is 2. The van der Waals surface area contributed by atoms with Gasteiger partial charge in [-0.25, -0.2) is 4.98 Å². The summed E-state index contributed by atoms with van der Waals surface area (Å²) < 4.78 is 6.52. The van der Waals surface area contributed by atoms with Gasteiger partial charge in [0.15, 0.2) is 0 Å². The van der Waals surface area contributed by atoms with E-state index in [1.165, 1.54) is 6.20 Å². The maximum atomic E-state index is 5.71. The number of halogens is 2. The van der Waals surface area contributed by atoms with Crippen LogP contribution in [-0.2, 0) is 0 Å². The molecule has 0 radical (unpaired) electrons. The molecule has 0 spiro atoms. The van der Waals surface area contributed by atoms with Gasteiger partial charge in [-0.05, 0) is 36.2 Å². The van der Waals surface area contributed by atoms with Gasteiger partial charge in [0.2, 0.25) is 11.2 Å². The lowest BCUT2D eigenvalue weighted by Crippen LogP contribution is -1.97. The van der Waals surface area contributed by atoms with Crippen molar-refractivity contribution in [3.63, 3.8) is 0 Å². The molecule has 0 fully saturated rings. The fourth-order valence-corrected chi connectivity index (χ4v) is 1.69. The van der Waals surface area contributed by atoms with Crippen molar-refractivity contribution < 1.29 is 4.74 Å². The van der Waals surface area contributed by atoms with Crippen molar-refractivity contribution in [1.82, 2.24) is 9.97 Å². The Hall–Kier alpha value is -1.33. The number of anilines is 1. The first-order valence-corrected chi connectivity index (χ1v) is 5.95. The Labute approximate surface area is 112 Å². The standard InChI is InChI=1S/C11H9BrClN3O/c1-6-2-3-7(12)4-9(6)17-10-8(14)5-15-11(13)16-10/h2-5H,14H2,1H3. The summed E-state index contributed by atoms with van der Waals surface area (Å²) in [6, 6.07) is 5.70. The second-order valence-corrected chi connectivity index (χ2v) is 4.67.